The van der Waals surface area contributed by atoms with Gasteiger partial charge >= 0.3 is 0 Å². The third kappa shape index (κ3) is 1.90. The number of benzene rings is 1. The first-order valence-electron chi connectivity index (χ1n) is 7.47. The van der Waals surface area contributed by atoms with E-state index in [1.165, 1.54) is 27.8 Å². The Morgan fingerprint density at radius 1 is 1.05 bits per heavy atom. The number of fused-ring (bicyclic) bond motifs is 2. The minimum atomic E-state index is 0.982. The van der Waals surface area contributed by atoms with Crippen LogP contribution in [0.25, 0.3) is 27.8 Å². The molecule has 0 aliphatic carbocycles. The van der Waals surface area contributed by atoms with E-state index >= 15 is 0 Å². The Balaban J connectivity index is 2.12. The number of aryl methyl sites for hydroxylation is 3. The van der Waals surface area contributed by atoms with Gasteiger partial charge in [-0.15, -0.1) is 0 Å². The molecule has 3 aromatic heterocycles. The van der Waals surface area contributed by atoms with Crippen molar-refractivity contribution in [3.8, 4) is 11.3 Å². The van der Waals surface area contributed by atoms with Crippen LogP contribution in [0.2, 0.25) is 0 Å². The van der Waals surface area contributed by atoms with Crippen molar-refractivity contribution in [1.82, 2.24) is 9.38 Å². The molecule has 1 aromatic carbocycles. The smallest absolute Gasteiger partial charge is 0.213 e. The maximum absolute atomic E-state index is 4.77. The molecule has 4 rings (SSSR count). The summed E-state index contributed by atoms with van der Waals surface area (Å²) in [6, 6.07) is 12.7. The van der Waals surface area contributed by atoms with Gasteiger partial charge in [-0.3, -0.25) is 0 Å². The number of aromatic nitrogens is 3. The summed E-state index contributed by atoms with van der Waals surface area (Å²) in [5, 5.41) is 1.18. The van der Waals surface area contributed by atoms with Crippen LogP contribution >= 0.6 is 0 Å². The van der Waals surface area contributed by atoms with Gasteiger partial charge in [-0.05, 0) is 43.7 Å². The molecule has 0 unspecified atom stereocenters. The van der Waals surface area contributed by atoms with Gasteiger partial charge in [0.25, 0.3) is 0 Å². The predicted molar refractivity (Wildman–Crippen MR) is 88.8 cm³/mol. The number of nitrogens with zero attached hydrogens (tertiary/aromatic N) is 3. The Morgan fingerprint density at radius 3 is 2.73 bits per heavy atom. The molecule has 22 heavy (non-hydrogen) atoms. The van der Waals surface area contributed by atoms with Crippen molar-refractivity contribution in [2.45, 2.75) is 13.8 Å². The lowest BCUT2D eigenvalue weighted by atomic mass is 9.99. The first kappa shape index (κ1) is 13.0. The maximum Gasteiger partial charge on any atom is 0.213 e. The molecule has 0 bridgehead atoms. The monoisotopic (exact) mass is 288 g/mol. The largest absolute Gasteiger partial charge is 0.308 e. The first-order chi connectivity index (χ1) is 10.6. The van der Waals surface area contributed by atoms with Gasteiger partial charge in [0.15, 0.2) is 6.20 Å². The van der Waals surface area contributed by atoms with Crippen LogP contribution in [0.1, 0.15) is 11.1 Å². The second-order valence-corrected chi connectivity index (χ2v) is 5.91. The molecule has 4 aromatic rings. The Kier molecular flexibility index (Phi) is 2.76. The molecule has 108 valence electrons. The lowest BCUT2D eigenvalue weighted by Crippen LogP contribution is -2.31. The van der Waals surface area contributed by atoms with Crippen LogP contribution in [0.15, 0.2) is 55.0 Å². The van der Waals surface area contributed by atoms with Gasteiger partial charge in [-0.2, -0.15) is 0 Å². The third-order valence-electron chi connectivity index (χ3n) is 4.23. The molecular formula is C19H18N3+. The van der Waals surface area contributed by atoms with Gasteiger partial charge in [-0.25, -0.2) is 9.55 Å². The van der Waals surface area contributed by atoms with E-state index in [1.54, 1.807) is 0 Å². The number of pyridine rings is 1. The highest BCUT2D eigenvalue weighted by molar-refractivity contribution is 5.95. The van der Waals surface area contributed by atoms with E-state index in [1.807, 2.05) is 18.3 Å². The van der Waals surface area contributed by atoms with Crippen LogP contribution in [-0.2, 0) is 7.05 Å². The summed E-state index contributed by atoms with van der Waals surface area (Å²) in [4.78, 5) is 4.77. The number of hydrogen-bond donors (Lipinski definition) is 0. The number of hydrogen-bond acceptors (Lipinski definition) is 1. The molecule has 0 aliphatic rings. The maximum atomic E-state index is 4.77. The van der Waals surface area contributed by atoms with Gasteiger partial charge < -0.3 is 4.40 Å². The Morgan fingerprint density at radius 2 is 1.91 bits per heavy atom. The van der Waals surface area contributed by atoms with E-state index in [-0.39, 0.29) is 0 Å². The van der Waals surface area contributed by atoms with Crippen LogP contribution in [0.4, 0.5) is 0 Å². The van der Waals surface area contributed by atoms with Crippen molar-refractivity contribution in [3.05, 3.63) is 66.1 Å². The van der Waals surface area contributed by atoms with Crippen molar-refractivity contribution >= 4 is 16.6 Å². The average Bonchev–Trinajstić information content (AvgIpc) is 2.94. The molecular weight excluding hydrogens is 270 g/mol. The normalized spacial score (nSPS) is 11.4. The summed E-state index contributed by atoms with van der Waals surface area (Å²) in [7, 11) is 2.10. The molecule has 0 saturated carbocycles. The SMILES string of the molecule is Cc1ccc(-c2c(C)ccc3nc4cccn4cc23)[n+](C)c1. The summed E-state index contributed by atoms with van der Waals surface area (Å²) in [6.07, 6.45) is 6.39. The van der Waals surface area contributed by atoms with Gasteiger partial charge in [0.05, 0.1) is 11.1 Å². The molecule has 0 spiro atoms. The van der Waals surface area contributed by atoms with Crippen LogP contribution < -0.4 is 4.57 Å². The van der Waals surface area contributed by atoms with Crippen molar-refractivity contribution in [1.29, 1.82) is 0 Å². The van der Waals surface area contributed by atoms with E-state index in [0.717, 1.165) is 11.2 Å². The molecule has 0 aliphatic heterocycles. The van der Waals surface area contributed by atoms with Crippen molar-refractivity contribution in [2.24, 2.45) is 7.05 Å². The van der Waals surface area contributed by atoms with Crippen molar-refractivity contribution in [2.75, 3.05) is 0 Å². The lowest BCUT2D eigenvalue weighted by Gasteiger charge is -2.09. The first-order valence-corrected chi connectivity index (χ1v) is 7.47. The minimum Gasteiger partial charge on any atom is -0.308 e. The fourth-order valence-electron chi connectivity index (χ4n) is 3.14. The molecule has 0 N–H and O–H groups in total. The molecule has 0 saturated heterocycles. The summed E-state index contributed by atoms with van der Waals surface area (Å²) in [6.45, 7) is 4.28. The molecule has 0 atom stereocenters. The highest BCUT2D eigenvalue weighted by Crippen LogP contribution is 2.29. The molecule has 0 radical (unpaired) electrons. The standard InChI is InChI=1S/C19H18N3/c1-13-6-9-17(21(3)11-13)19-14(2)7-8-16-15(19)12-22-10-4-5-18(22)20-16/h4-12H,1-3H3/q+1. The second kappa shape index (κ2) is 4.67. The fourth-order valence-corrected chi connectivity index (χ4v) is 3.14. The van der Waals surface area contributed by atoms with Crippen molar-refractivity contribution < 1.29 is 4.57 Å². The summed E-state index contributed by atoms with van der Waals surface area (Å²) in [5.74, 6) is 0. The summed E-state index contributed by atoms with van der Waals surface area (Å²) >= 11 is 0. The second-order valence-electron chi connectivity index (χ2n) is 5.91. The average molecular weight is 288 g/mol. The molecule has 3 heteroatoms. The van der Waals surface area contributed by atoms with E-state index in [9.17, 15) is 0 Å². The van der Waals surface area contributed by atoms with Gasteiger partial charge in [0.2, 0.25) is 5.69 Å². The molecule has 3 heterocycles. The number of rotatable bonds is 1. The Hall–Kier alpha value is -2.68. The lowest BCUT2D eigenvalue weighted by molar-refractivity contribution is -0.660. The summed E-state index contributed by atoms with van der Waals surface area (Å²) in [5.41, 5.74) is 7.00. The molecule has 0 amide bonds. The van der Waals surface area contributed by atoms with Crippen LogP contribution in [0.5, 0.6) is 0 Å². The van der Waals surface area contributed by atoms with Crippen LogP contribution in [-0.4, -0.2) is 9.38 Å². The van der Waals surface area contributed by atoms with E-state index in [0.29, 0.717) is 0 Å². The van der Waals surface area contributed by atoms with Gasteiger partial charge in [-0.1, -0.05) is 6.07 Å². The van der Waals surface area contributed by atoms with E-state index in [4.69, 9.17) is 4.98 Å². The van der Waals surface area contributed by atoms with Gasteiger partial charge in [0.1, 0.15) is 12.7 Å². The van der Waals surface area contributed by atoms with Crippen molar-refractivity contribution in [3.63, 3.8) is 0 Å². The summed E-state index contributed by atoms with van der Waals surface area (Å²) < 4.78 is 4.27. The topological polar surface area (TPSA) is 21.2 Å². The quantitative estimate of drug-likeness (QED) is 0.490. The minimum absolute atomic E-state index is 0.982. The zero-order valence-electron chi connectivity index (χ0n) is 13.0. The van der Waals surface area contributed by atoms with E-state index < -0.39 is 0 Å². The van der Waals surface area contributed by atoms with E-state index in [2.05, 4.69) is 66.5 Å². The fraction of sp³-hybridized carbons (Fsp3) is 0.158. The Labute approximate surface area is 129 Å². The third-order valence-corrected chi connectivity index (χ3v) is 4.23. The molecule has 3 nitrogen and oxygen atoms in total. The van der Waals surface area contributed by atoms with Gasteiger partial charge in [0, 0.05) is 29.4 Å². The van der Waals surface area contributed by atoms with Crippen LogP contribution in [0, 0.1) is 13.8 Å². The predicted octanol–water partition coefficient (Wildman–Crippen LogP) is 3.60. The highest BCUT2D eigenvalue weighted by atomic mass is 15.0. The van der Waals surface area contributed by atoms with Crippen LogP contribution in [0.3, 0.4) is 0 Å². The Bertz CT molecular complexity index is 1010. The zero-order valence-corrected chi connectivity index (χ0v) is 13.0. The zero-order chi connectivity index (χ0) is 15.3. The highest BCUT2D eigenvalue weighted by Gasteiger charge is 2.17. The molecule has 0 fully saturated rings.